The summed E-state index contributed by atoms with van der Waals surface area (Å²) in [5.74, 6) is -0.136. The lowest BCUT2D eigenvalue weighted by molar-refractivity contribution is 0.0951. The van der Waals surface area contributed by atoms with E-state index in [9.17, 15) is 13.2 Å². The molecule has 2 heterocycles. The van der Waals surface area contributed by atoms with Crippen LogP contribution in [0, 0.1) is 6.92 Å². The second-order valence-corrected chi connectivity index (χ2v) is 7.71. The summed E-state index contributed by atoms with van der Waals surface area (Å²) in [7, 11) is -3.61. The molecule has 1 aliphatic heterocycles. The van der Waals surface area contributed by atoms with Gasteiger partial charge >= 0.3 is 0 Å². The van der Waals surface area contributed by atoms with Crippen molar-refractivity contribution >= 4 is 27.1 Å². The molecule has 0 N–H and O–H groups in total. The Morgan fingerprint density at radius 1 is 1.10 bits per heavy atom. The van der Waals surface area contributed by atoms with E-state index >= 15 is 0 Å². The number of nitrogens with zero attached hydrogens (tertiary/aromatic N) is 1. The van der Waals surface area contributed by atoms with Gasteiger partial charge in [0, 0.05) is 17.0 Å². The molecule has 104 valence electrons. The van der Waals surface area contributed by atoms with Crippen LogP contribution >= 0.6 is 11.3 Å². The first-order chi connectivity index (χ1) is 9.48. The predicted octanol–water partition coefficient (Wildman–Crippen LogP) is 2.44. The fourth-order valence-electron chi connectivity index (χ4n) is 2.20. The molecule has 0 atom stereocenters. The number of fused-ring (bicyclic) bond motifs is 1. The maximum atomic E-state index is 12.6. The van der Waals surface area contributed by atoms with Gasteiger partial charge in [-0.25, -0.2) is 8.42 Å². The molecule has 6 heteroatoms. The van der Waals surface area contributed by atoms with Crippen molar-refractivity contribution in [3.05, 3.63) is 51.7 Å². The van der Waals surface area contributed by atoms with Crippen LogP contribution in [-0.2, 0) is 16.6 Å². The Hall–Kier alpha value is -1.50. The molecule has 0 spiro atoms. The van der Waals surface area contributed by atoms with Crippen molar-refractivity contribution in [2.45, 2.75) is 18.4 Å². The molecule has 1 aliphatic rings. The van der Waals surface area contributed by atoms with Crippen molar-refractivity contribution in [3.63, 3.8) is 0 Å². The molecule has 0 bridgehead atoms. The number of benzene rings is 1. The zero-order valence-electron chi connectivity index (χ0n) is 10.9. The third-order valence-corrected chi connectivity index (χ3v) is 6.06. The Morgan fingerprint density at radius 2 is 1.80 bits per heavy atom. The van der Waals surface area contributed by atoms with Crippen LogP contribution in [0.5, 0.6) is 0 Å². The third-order valence-electron chi connectivity index (χ3n) is 3.34. The first kappa shape index (κ1) is 13.5. The number of rotatable bonds is 2. The molecule has 0 unspecified atom stereocenters. The van der Waals surface area contributed by atoms with Gasteiger partial charge in [0.25, 0.3) is 0 Å². The van der Waals surface area contributed by atoms with E-state index in [2.05, 4.69) is 0 Å². The number of ketones is 1. The van der Waals surface area contributed by atoms with E-state index in [1.165, 1.54) is 15.6 Å². The van der Waals surface area contributed by atoms with Crippen LogP contribution in [-0.4, -0.2) is 25.1 Å². The molecule has 0 saturated heterocycles. The minimum absolute atomic E-state index is 0.0834. The smallest absolute Gasteiger partial charge is 0.243 e. The highest BCUT2D eigenvalue weighted by atomic mass is 32.2. The van der Waals surface area contributed by atoms with E-state index in [0.717, 1.165) is 10.4 Å². The molecule has 20 heavy (non-hydrogen) atoms. The van der Waals surface area contributed by atoms with Gasteiger partial charge in [-0.3, -0.25) is 4.79 Å². The summed E-state index contributed by atoms with van der Waals surface area (Å²) < 4.78 is 26.4. The van der Waals surface area contributed by atoms with Crippen LogP contribution in [0.15, 0.2) is 40.6 Å². The van der Waals surface area contributed by atoms with Gasteiger partial charge in [0.05, 0.1) is 11.4 Å². The molecule has 0 saturated carbocycles. The molecule has 0 radical (unpaired) electrons. The summed E-state index contributed by atoms with van der Waals surface area (Å²) in [6.45, 7) is 2.09. The number of Topliss-reactive ketones (excluding diaryl/α,β-unsaturated/α-hetero) is 1. The predicted molar refractivity (Wildman–Crippen MR) is 77.4 cm³/mol. The van der Waals surface area contributed by atoms with E-state index in [0.29, 0.717) is 5.56 Å². The molecule has 4 nitrogen and oxygen atoms in total. The first-order valence-electron chi connectivity index (χ1n) is 6.15. The van der Waals surface area contributed by atoms with Crippen LogP contribution < -0.4 is 0 Å². The van der Waals surface area contributed by atoms with E-state index in [-0.39, 0.29) is 23.8 Å². The highest BCUT2D eigenvalue weighted by Gasteiger charge is 2.32. The molecule has 0 amide bonds. The summed E-state index contributed by atoms with van der Waals surface area (Å²) in [4.78, 5) is 13.0. The molecule has 0 fully saturated rings. The number of carbonyl (C=O) groups is 1. The minimum atomic E-state index is -3.61. The average Bonchev–Trinajstić information content (AvgIpc) is 2.88. The Labute approximate surface area is 121 Å². The van der Waals surface area contributed by atoms with Gasteiger partial charge in [0.15, 0.2) is 5.78 Å². The quantitative estimate of drug-likeness (QED) is 0.856. The van der Waals surface area contributed by atoms with E-state index in [4.69, 9.17) is 0 Å². The topological polar surface area (TPSA) is 54.5 Å². The van der Waals surface area contributed by atoms with Gasteiger partial charge in [0.2, 0.25) is 10.0 Å². The maximum Gasteiger partial charge on any atom is 0.243 e. The van der Waals surface area contributed by atoms with Crippen LogP contribution in [0.1, 0.15) is 20.8 Å². The van der Waals surface area contributed by atoms with Crippen molar-refractivity contribution in [2.24, 2.45) is 0 Å². The lowest BCUT2D eigenvalue weighted by atomic mass is 10.1. The summed E-state index contributed by atoms with van der Waals surface area (Å²) in [5, 5.41) is 1.82. The summed E-state index contributed by atoms with van der Waals surface area (Å²) in [6, 6.07) is 8.45. The fraction of sp³-hybridized carbons (Fsp3) is 0.214. The van der Waals surface area contributed by atoms with Crippen LogP contribution in [0.2, 0.25) is 0 Å². The normalized spacial score (nSPS) is 16.1. The Balaban J connectivity index is 1.97. The fourth-order valence-corrected chi connectivity index (χ4v) is 4.56. The lowest BCUT2D eigenvalue weighted by Crippen LogP contribution is -2.38. The first-order valence-corrected chi connectivity index (χ1v) is 8.47. The molecule has 2 aromatic rings. The van der Waals surface area contributed by atoms with Gasteiger partial charge in [-0.1, -0.05) is 17.7 Å². The average molecular weight is 307 g/mol. The monoisotopic (exact) mass is 307 g/mol. The van der Waals surface area contributed by atoms with Crippen LogP contribution in [0.25, 0.3) is 0 Å². The largest absolute Gasteiger partial charge is 0.293 e. The van der Waals surface area contributed by atoms with Gasteiger partial charge in [-0.2, -0.15) is 4.31 Å². The van der Waals surface area contributed by atoms with Crippen LogP contribution in [0.4, 0.5) is 0 Å². The molecular weight excluding hydrogens is 294 g/mol. The maximum absolute atomic E-state index is 12.6. The Bertz CT molecular complexity index is 760. The molecule has 1 aromatic heterocycles. The van der Waals surface area contributed by atoms with Crippen molar-refractivity contribution in [1.82, 2.24) is 4.31 Å². The van der Waals surface area contributed by atoms with Gasteiger partial charge in [0.1, 0.15) is 0 Å². The van der Waals surface area contributed by atoms with E-state index < -0.39 is 10.0 Å². The lowest BCUT2D eigenvalue weighted by Gasteiger charge is -2.25. The van der Waals surface area contributed by atoms with Crippen molar-refractivity contribution < 1.29 is 13.2 Å². The highest BCUT2D eigenvalue weighted by Crippen LogP contribution is 2.28. The molecule has 3 rings (SSSR count). The number of sulfonamides is 1. The zero-order chi connectivity index (χ0) is 14.3. The van der Waals surface area contributed by atoms with Crippen molar-refractivity contribution in [1.29, 1.82) is 0 Å². The third kappa shape index (κ3) is 2.19. The van der Waals surface area contributed by atoms with Crippen molar-refractivity contribution in [2.75, 3.05) is 6.54 Å². The standard InChI is InChI=1S/C14H13NO3S2/c1-10-2-4-11(5-3-10)20(17,18)15-8-13(16)12-6-7-19-14(12)9-15/h2-7H,8-9H2,1H3. The number of carbonyl (C=O) groups excluding carboxylic acids is 1. The second kappa shape index (κ2) is 4.80. The van der Waals surface area contributed by atoms with Crippen molar-refractivity contribution in [3.8, 4) is 0 Å². The molecule has 1 aromatic carbocycles. The van der Waals surface area contributed by atoms with E-state index in [1.54, 1.807) is 30.3 Å². The zero-order valence-corrected chi connectivity index (χ0v) is 12.5. The SMILES string of the molecule is Cc1ccc(S(=O)(=O)N2CC(=O)c3ccsc3C2)cc1. The second-order valence-electron chi connectivity index (χ2n) is 4.77. The summed E-state index contributed by atoms with van der Waals surface area (Å²) >= 11 is 1.42. The number of hydrogen-bond donors (Lipinski definition) is 0. The highest BCUT2D eigenvalue weighted by molar-refractivity contribution is 7.89. The number of hydrogen-bond acceptors (Lipinski definition) is 4. The number of aryl methyl sites for hydroxylation is 1. The molecule has 0 aliphatic carbocycles. The van der Waals surface area contributed by atoms with Gasteiger partial charge in [-0.15, -0.1) is 11.3 Å². The van der Waals surface area contributed by atoms with Crippen LogP contribution in [0.3, 0.4) is 0 Å². The van der Waals surface area contributed by atoms with Gasteiger partial charge < -0.3 is 0 Å². The summed E-state index contributed by atoms with van der Waals surface area (Å²) in [6.07, 6.45) is 0. The van der Waals surface area contributed by atoms with Gasteiger partial charge in [-0.05, 0) is 30.5 Å². The van der Waals surface area contributed by atoms with E-state index in [1.807, 2.05) is 12.3 Å². The minimum Gasteiger partial charge on any atom is -0.293 e. The Morgan fingerprint density at radius 3 is 2.50 bits per heavy atom. The summed E-state index contributed by atoms with van der Waals surface area (Å²) in [5.41, 5.74) is 1.66. The Kier molecular flexibility index (Phi) is 3.24. The number of thiophene rings is 1. The molecular formula is C14H13NO3S2.